The van der Waals surface area contributed by atoms with Gasteiger partial charge in [-0.1, -0.05) is 17.7 Å². The maximum absolute atomic E-state index is 11.9. The molecular weight excluding hydrogens is 252 g/mol. The van der Waals surface area contributed by atoms with Crippen LogP contribution in [0, 0.1) is 12.8 Å². The highest BCUT2D eigenvalue weighted by Crippen LogP contribution is 2.22. The molecule has 4 nitrogen and oxygen atoms in total. The lowest BCUT2D eigenvalue weighted by Gasteiger charge is -2.14. The second-order valence-electron chi connectivity index (χ2n) is 4.68. The third-order valence-electron chi connectivity index (χ3n) is 3.28. The van der Waals surface area contributed by atoms with Crippen LogP contribution in [0.2, 0.25) is 0 Å². The maximum Gasteiger partial charge on any atom is 0.296 e. The van der Waals surface area contributed by atoms with Crippen molar-refractivity contribution in [2.75, 3.05) is 13.2 Å². The number of ether oxygens (including phenoxy) is 1. The quantitative estimate of drug-likeness (QED) is 0.786. The average Bonchev–Trinajstić information content (AvgIpc) is 2.73. The van der Waals surface area contributed by atoms with Crippen molar-refractivity contribution >= 4 is 10.1 Å². The second-order valence-corrected chi connectivity index (χ2v) is 6.29. The Morgan fingerprint density at radius 1 is 1.33 bits per heavy atom. The fourth-order valence-corrected chi connectivity index (χ4v) is 2.90. The summed E-state index contributed by atoms with van der Waals surface area (Å²) in [4.78, 5) is 0.208. The third kappa shape index (κ3) is 3.10. The van der Waals surface area contributed by atoms with Crippen LogP contribution in [-0.4, -0.2) is 27.7 Å². The number of benzene rings is 1. The van der Waals surface area contributed by atoms with Gasteiger partial charge < -0.3 is 4.74 Å². The molecule has 0 spiro atoms. The standard InChI is InChI=1S/C13H18O4S/c1-10-3-5-13(6-4-10)18(14,15)17-9-12-7-8-16-11(12)2/h3-6,11-12H,7-9H2,1-2H3. The van der Waals surface area contributed by atoms with Gasteiger partial charge in [0.15, 0.2) is 0 Å². The predicted octanol–water partition coefficient (Wildman–Crippen LogP) is 2.13. The van der Waals surface area contributed by atoms with Crippen molar-refractivity contribution in [3.63, 3.8) is 0 Å². The maximum atomic E-state index is 11.9. The first kappa shape index (κ1) is 13.5. The van der Waals surface area contributed by atoms with Crippen LogP contribution < -0.4 is 0 Å². The summed E-state index contributed by atoms with van der Waals surface area (Å²) in [5.74, 6) is 0.158. The molecule has 0 amide bonds. The first-order valence-electron chi connectivity index (χ1n) is 6.07. The summed E-state index contributed by atoms with van der Waals surface area (Å²) in [6, 6.07) is 6.66. The number of hydrogen-bond acceptors (Lipinski definition) is 4. The first-order valence-corrected chi connectivity index (χ1v) is 7.47. The molecule has 0 radical (unpaired) electrons. The number of hydrogen-bond donors (Lipinski definition) is 0. The van der Waals surface area contributed by atoms with E-state index < -0.39 is 10.1 Å². The van der Waals surface area contributed by atoms with Crippen molar-refractivity contribution in [3.05, 3.63) is 29.8 Å². The van der Waals surface area contributed by atoms with E-state index in [1.54, 1.807) is 24.3 Å². The van der Waals surface area contributed by atoms with Gasteiger partial charge in [-0.05, 0) is 32.4 Å². The van der Waals surface area contributed by atoms with E-state index in [9.17, 15) is 8.42 Å². The topological polar surface area (TPSA) is 52.6 Å². The average molecular weight is 270 g/mol. The van der Waals surface area contributed by atoms with Crippen LogP contribution in [0.15, 0.2) is 29.2 Å². The van der Waals surface area contributed by atoms with Crippen molar-refractivity contribution in [1.29, 1.82) is 0 Å². The van der Waals surface area contributed by atoms with E-state index in [2.05, 4.69) is 0 Å². The molecule has 2 atom stereocenters. The highest BCUT2D eigenvalue weighted by Gasteiger charge is 2.27. The summed E-state index contributed by atoms with van der Waals surface area (Å²) in [6.07, 6.45) is 0.920. The van der Waals surface area contributed by atoms with E-state index in [0.717, 1.165) is 12.0 Å². The summed E-state index contributed by atoms with van der Waals surface area (Å²) in [6.45, 7) is 4.73. The van der Waals surface area contributed by atoms with Crippen molar-refractivity contribution in [2.24, 2.45) is 5.92 Å². The molecule has 1 aromatic carbocycles. The molecule has 2 unspecified atom stereocenters. The lowest BCUT2D eigenvalue weighted by Crippen LogP contribution is -2.20. The molecule has 0 N–H and O–H groups in total. The molecule has 2 rings (SSSR count). The fraction of sp³-hybridized carbons (Fsp3) is 0.538. The second kappa shape index (κ2) is 5.38. The lowest BCUT2D eigenvalue weighted by atomic mass is 10.1. The first-order chi connectivity index (χ1) is 8.49. The molecule has 0 saturated carbocycles. The van der Waals surface area contributed by atoms with Crippen molar-refractivity contribution in [2.45, 2.75) is 31.3 Å². The van der Waals surface area contributed by atoms with Gasteiger partial charge in [0.25, 0.3) is 10.1 Å². The molecular formula is C13H18O4S. The van der Waals surface area contributed by atoms with Crippen molar-refractivity contribution in [1.82, 2.24) is 0 Å². The summed E-state index contributed by atoms with van der Waals surface area (Å²) < 4.78 is 34.4. The van der Waals surface area contributed by atoms with Crippen LogP contribution in [0.5, 0.6) is 0 Å². The fourth-order valence-electron chi connectivity index (χ4n) is 1.94. The zero-order valence-corrected chi connectivity index (χ0v) is 11.4. The van der Waals surface area contributed by atoms with Gasteiger partial charge in [0.2, 0.25) is 0 Å². The minimum atomic E-state index is -3.64. The highest BCUT2D eigenvalue weighted by atomic mass is 32.2. The van der Waals surface area contributed by atoms with Gasteiger partial charge in [0.1, 0.15) is 0 Å². The van der Waals surface area contributed by atoms with Crippen LogP contribution in [-0.2, 0) is 19.0 Å². The molecule has 1 saturated heterocycles. The van der Waals surface area contributed by atoms with Crippen molar-refractivity contribution < 1.29 is 17.3 Å². The Kier molecular flexibility index (Phi) is 4.04. The zero-order chi connectivity index (χ0) is 13.2. The van der Waals surface area contributed by atoms with Gasteiger partial charge in [0.05, 0.1) is 17.6 Å². The van der Waals surface area contributed by atoms with Gasteiger partial charge in [-0.25, -0.2) is 0 Å². The minimum Gasteiger partial charge on any atom is -0.378 e. The normalized spacial score (nSPS) is 24.3. The van der Waals surface area contributed by atoms with E-state index in [-0.39, 0.29) is 23.5 Å². The zero-order valence-electron chi connectivity index (χ0n) is 10.6. The van der Waals surface area contributed by atoms with E-state index in [4.69, 9.17) is 8.92 Å². The highest BCUT2D eigenvalue weighted by molar-refractivity contribution is 7.86. The van der Waals surface area contributed by atoms with Gasteiger partial charge in [-0.15, -0.1) is 0 Å². The van der Waals surface area contributed by atoms with E-state index in [0.29, 0.717) is 6.61 Å². The number of aryl methyl sites for hydroxylation is 1. The Labute approximate surface area is 108 Å². The SMILES string of the molecule is Cc1ccc(S(=O)(=O)OCC2CCOC2C)cc1. The predicted molar refractivity (Wildman–Crippen MR) is 67.8 cm³/mol. The van der Waals surface area contributed by atoms with E-state index in [1.165, 1.54) is 0 Å². The molecule has 1 fully saturated rings. The Hall–Kier alpha value is -0.910. The number of rotatable bonds is 4. The van der Waals surface area contributed by atoms with Crippen LogP contribution in [0.3, 0.4) is 0 Å². The molecule has 0 aliphatic carbocycles. The Morgan fingerprint density at radius 2 is 2.00 bits per heavy atom. The Balaban J connectivity index is 2.01. The van der Waals surface area contributed by atoms with Gasteiger partial charge >= 0.3 is 0 Å². The van der Waals surface area contributed by atoms with Crippen molar-refractivity contribution in [3.8, 4) is 0 Å². The van der Waals surface area contributed by atoms with Crippen LogP contribution in [0.4, 0.5) is 0 Å². The van der Waals surface area contributed by atoms with Crippen LogP contribution >= 0.6 is 0 Å². The summed E-state index contributed by atoms with van der Waals surface area (Å²) >= 11 is 0. The molecule has 100 valence electrons. The molecule has 1 aliphatic rings. The monoisotopic (exact) mass is 270 g/mol. The molecule has 18 heavy (non-hydrogen) atoms. The van der Waals surface area contributed by atoms with Gasteiger partial charge in [-0.3, -0.25) is 4.18 Å². The molecule has 0 aromatic heterocycles. The smallest absolute Gasteiger partial charge is 0.296 e. The molecule has 1 aromatic rings. The molecule has 1 aliphatic heterocycles. The van der Waals surface area contributed by atoms with Crippen LogP contribution in [0.25, 0.3) is 0 Å². The lowest BCUT2D eigenvalue weighted by molar-refractivity contribution is 0.0916. The van der Waals surface area contributed by atoms with E-state index in [1.807, 2.05) is 13.8 Å². The Bertz CT molecular complexity index is 492. The largest absolute Gasteiger partial charge is 0.378 e. The molecule has 0 bridgehead atoms. The third-order valence-corrected chi connectivity index (χ3v) is 4.58. The summed E-state index contributed by atoms with van der Waals surface area (Å²) in [5, 5.41) is 0. The minimum absolute atomic E-state index is 0.0678. The molecule has 1 heterocycles. The molecule has 5 heteroatoms. The summed E-state index contributed by atoms with van der Waals surface area (Å²) in [5.41, 5.74) is 1.02. The van der Waals surface area contributed by atoms with Gasteiger partial charge in [0, 0.05) is 12.5 Å². The Morgan fingerprint density at radius 3 is 2.56 bits per heavy atom. The van der Waals surface area contributed by atoms with Crippen LogP contribution in [0.1, 0.15) is 18.9 Å². The van der Waals surface area contributed by atoms with Gasteiger partial charge in [-0.2, -0.15) is 8.42 Å². The summed E-state index contributed by atoms with van der Waals surface area (Å²) in [7, 11) is -3.64. The van der Waals surface area contributed by atoms with E-state index >= 15 is 0 Å².